The van der Waals surface area contributed by atoms with Gasteiger partial charge in [-0.05, 0) is 18.9 Å². The Morgan fingerprint density at radius 3 is 2.19 bits per heavy atom. The highest BCUT2D eigenvalue weighted by molar-refractivity contribution is 6.00. The van der Waals surface area contributed by atoms with E-state index in [9.17, 15) is 9.90 Å². The molecule has 0 heterocycles. The number of nitrogen functional groups attached to an aromatic ring is 1. The normalized spacial score (nSPS) is 11.1. The number of aliphatic hydroxyl groups is 1. The van der Waals surface area contributed by atoms with Crippen LogP contribution in [0.5, 0.6) is 11.5 Å². The summed E-state index contributed by atoms with van der Waals surface area (Å²) in [7, 11) is 2.99. The van der Waals surface area contributed by atoms with E-state index in [4.69, 9.17) is 15.2 Å². The van der Waals surface area contributed by atoms with E-state index in [1.54, 1.807) is 6.07 Å². The number of methoxy groups -OCH3 is 2. The zero-order chi connectivity index (χ0) is 16.0. The maximum Gasteiger partial charge on any atom is 0.254 e. The van der Waals surface area contributed by atoms with Crippen molar-refractivity contribution in [3.63, 3.8) is 0 Å². The van der Waals surface area contributed by atoms with Crippen LogP contribution in [-0.4, -0.2) is 37.4 Å². The Bertz CT molecular complexity index is 490. The first kappa shape index (κ1) is 17.1. The third-order valence-corrected chi connectivity index (χ3v) is 3.84. The van der Waals surface area contributed by atoms with E-state index in [2.05, 4.69) is 5.32 Å². The van der Waals surface area contributed by atoms with Crippen LogP contribution in [0.4, 0.5) is 5.69 Å². The van der Waals surface area contributed by atoms with Gasteiger partial charge in [0, 0.05) is 11.8 Å². The number of amides is 1. The SMILES string of the molecule is CCC(CC)(CO)NC(=O)c1cc(OC)c(OC)cc1N. The summed E-state index contributed by atoms with van der Waals surface area (Å²) in [6.45, 7) is 3.70. The highest BCUT2D eigenvalue weighted by Crippen LogP contribution is 2.32. The molecule has 0 aromatic heterocycles. The lowest BCUT2D eigenvalue weighted by Gasteiger charge is -2.31. The summed E-state index contributed by atoms with van der Waals surface area (Å²) in [5, 5.41) is 12.4. The van der Waals surface area contributed by atoms with Crippen LogP contribution in [0.25, 0.3) is 0 Å². The lowest BCUT2D eigenvalue weighted by molar-refractivity contribution is 0.0818. The maximum atomic E-state index is 12.4. The molecule has 1 aromatic rings. The zero-order valence-corrected chi connectivity index (χ0v) is 13.0. The van der Waals surface area contributed by atoms with Crippen molar-refractivity contribution in [2.75, 3.05) is 26.6 Å². The highest BCUT2D eigenvalue weighted by Gasteiger charge is 2.28. The summed E-state index contributed by atoms with van der Waals surface area (Å²) >= 11 is 0. The first-order valence-corrected chi connectivity index (χ1v) is 6.91. The van der Waals surface area contributed by atoms with E-state index in [-0.39, 0.29) is 12.5 Å². The van der Waals surface area contributed by atoms with Crippen LogP contribution in [0.3, 0.4) is 0 Å². The number of carbonyl (C=O) groups excluding carboxylic acids is 1. The van der Waals surface area contributed by atoms with E-state index in [0.717, 1.165) is 0 Å². The molecule has 6 nitrogen and oxygen atoms in total. The molecule has 0 fully saturated rings. The molecular formula is C15H24N2O4. The molecule has 0 atom stereocenters. The number of rotatable bonds is 7. The Kier molecular flexibility index (Phi) is 5.84. The van der Waals surface area contributed by atoms with Gasteiger partial charge in [-0.15, -0.1) is 0 Å². The van der Waals surface area contributed by atoms with Gasteiger partial charge in [0.1, 0.15) is 0 Å². The summed E-state index contributed by atoms with van der Waals surface area (Å²) in [6.07, 6.45) is 1.25. The standard InChI is InChI=1S/C15H24N2O4/c1-5-15(6-2,9-18)17-14(19)10-7-12(20-3)13(21-4)8-11(10)16/h7-8,18H,5-6,9,16H2,1-4H3,(H,17,19). The van der Waals surface area contributed by atoms with Gasteiger partial charge in [-0.3, -0.25) is 4.79 Å². The fraction of sp³-hybridized carbons (Fsp3) is 0.533. The molecule has 0 aliphatic heterocycles. The van der Waals surface area contributed by atoms with Crippen LogP contribution in [-0.2, 0) is 0 Å². The van der Waals surface area contributed by atoms with Crippen LogP contribution in [0.2, 0.25) is 0 Å². The Labute approximate surface area is 125 Å². The van der Waals surface area contributed by atoms with Crippen molar-refractivity contribution in [1.29, 1.82) is 0 Å². The van der Waals surface area contributed by atoms with Gasteiger partial charge in [0.2, 0.25) is 0 Å². The number of nitrogens with two attached hydrogens (primary N) is 1. The molecule has 4 N–H and O–H groups in total. The fourth-order valence-corrected chi connectivity index (χ4v) is 2.09. The second kappa shape index (κ2) is 7.17. The Hall–Kier alpha value is -1.95. The number of aliphatic hydroxyl groups excluding tert-OH is 1. The lowest BCUT2D eigenvalue weighted by atomic mass is 9.93. The first-order chi connectivity index (χ1) is 9.96. The van der Waals surface area contributed by atoms with E-state index in [0.29, 0.717) is 35.6 Å². The topological polar surface area (TPSA) is 93.8 Å². The minimum Gasteiger partial charge on any atom is -0.493 e. The van der Waals surface area contributed by atoms with Gasteiger partial charge in [0.25, 0.3) is 5.91 Å². The van der Waals surface area contributed by atoms with E-state index in [1.165, 1.54) is 20.3 Å². The average Bonchev–Trinajstić information content (AvgIpc) is 2.52. The second-order valence-electron chi connectivity index (χ2n) is 4.89. The molecule has 1 rings (SSSR count). The van der Waals surface area contributed by atoms with Crippen LogP contribution in [0, 0.1) is 0 Å². The minimum atomic E-state index is -0.642. The van der Waals surface area contributed by atoms with Crippen LogP contribution in [0.1, 0.15) is 37.0 Å². The summed E-state index contributed by atoms with van der Waals surface area (Å²) < 4.78 is 10.3. The smallest absolute Gasteiger partial charge is 0.254 e. The summed E-state index contributed by atoms with van der Waals surface area (Å²) in [6, 6.07) is 3.09. The average molecular weight is 296 g/mol. The van der Waals surface area contributed by atoms with Crippen molar-refractivity contribution in [1.82, 2.24) is 5.32 Å². The van der Waals surface area contributed by atoms with Crippen molar-refractivity contribution in [2.45, 2.75) is 32.2 Å². The fourth-order valence-electron chi connectivity index (χ4n) is 2.09. The number of hydrogen-bond acceptors (Lipinski definition) is 5. The number of nitrogens with one attached hydrogen (secondary N) is 1. The van der Waals surface area contributed by atoms with Gasteiger partial charge < -0.3 is 25.6 Å². The number of ether oxygens (including phenoxy) is 2. The molecule has 0 radical (unpaired) electrons. The lowest BCUT2D eigenvalue weighted by Crippen LogP contribution is -2.50. The van der Waals surface area contributed by atoms with Gasteiger partial charge in [-0.25, -0.2) is 0 Å². The van der Waals surface area contributed by atoms with Gasteiger partial charge in [0.05, 0.1) is 31.9 Å². The van der Waals surface area contributed by atoms with Crippen molar-refractivity contribution >= 4 is 11.6 Å². The Morgan fingerprint density at radius 2 is 1.76 bits per heavy atom. The third kappa shape index (κ3) is 3.58. The zero-order valence-electron chi connectivity index (χ0n) is 13.0. The van der Waals surface area contributed by atoms with Crippen molar-refractivity contribution < 1.29 is 19.4 Å². The predicted molar refractivity (Wildman–Crippen MR) is 81.8 cm³/mol. The molecule has 0 aliphatic carbocycles. The largest absolute Gasteiger partial charge is 0.493 e. The molecule has 0 aliphatic rings. The molecule has 6 heteroatoms. The molecule has 21 heavy (non-hydrogen) atoms. The summed E-state index contributed by atoms with van der Waals surface area (Å²) in [5.74, 6) is 0.552. The number of benzene rings is 1. The van der Waals surface area contributed by atoms with Gasteiger partial charge in [0.15, 0.2) is 11.5 Å². The predicted octanol–water partition coefficient (Wildman–Crippen LogP) is 1.57. The number of hydrogen-bond donors (Lipinski definition) is 3. The Balaban J connectivity index is 3.13. The van der Waals surface area contributed by atoms with Gasteiger partial charge in [-0.2, -0.15) is 0 Å². The molecule has 0 unspecified atom stereocenters. The number of carbonyl (C=O) groups is 1. The van der Waals surface area contributed by atoms with Gasteiger partial charge >= 0.3 is 0 Å². The van der Waals surface area contributed by atoms with E-state index in [1.807, 2.05) is 13.8 Å². The monoisotopic (exact) mass is 296 g/mol. The maximum absolute atomic E-state index is 12.4. The number of anilines is 1. The molecule has 0 spiro atoms. The third-order valence-electron chi connectivity index (χ3n) is 3.84. The molecule has 1 aromatic carbocycles. The first-order valence-electron chi connectivity index (χ1n) is 6.91. The van der Waals surface area contributed by atoms with Crippen molar-refractivity contribution in [3.8, 4) is 11.5 Å². The second-order valence-corrected chi connectivity index (χ2v) is 4.89. The Morgan fingerprint density at radius 1 is 1.24 bits per heavy atom. The minimum absolute atomic E-state index is 0.126. The molecule has 0 saturated carbocycles. The van der Waals surface area contributed by atoms with Crippen LogP contribution in [0.15, 0.2) is 12.1 Å². The summed E-state index contributed by atoms with van der Waals surface area (Å²) in [4.78, 5) is 12.4. The molecular weight excluding hydrogens is 272 g/mol. The molecule has 0 bridgehead atoms. The summed E-state index contributed by atoms with van der Waals surface area (Å²) in [5.41, 5.74) is 5.86. The van der Waals surface area contributed by atoms with E-state index >= 15 is 0 Å². The van der Waals surface area contributed by atoms with E-state index < -0.39 is 5.54 Å². The van der Waals surface area contributed by atoms with Gasteiger partial charge in [-0.1, -0.05) is 13.8 Å². The van der Waals surface area contributed by atoms with Crippen LogP contribution >= 0.6 is 0 Å². The van der Waals surface area contributed by atoms with Crippen LogP contribution < -0.4 is 20.5 Å². The van der Waals surface area contributed by atoms with Crippen molar-refractivity contribution in [3.05, 3.63) is 17.7 Å². The molecule has 0 saturated heterocycles. The molecule has 118 valence electrons. The molecule has 1 amide bonds. The highest BCUT2D eigenvalue weighted by atomic mass is 16.5. The quantitative estimate of drug-likeness (QED) is 0.664. The van der Waals surface area contributed by atoms with Crippen molar-refractivity contribution in [2.24, 2.45) is 0 Å².